The standard InChI is InChI=1S/C9H14N2O3/c1-6-7(5-10-11(6)2)8(12)3-4-9(13)14/h5,8,12H,3-4H2,1-2H3,(H,13,14). The van der Waals surface area contributed by atoms with Gasteiger partial charge in [-0.2, -0.15) is 5.10 Å². The molecule has 0 aliphatic carbocycles. The van der Waals surface area contributed by atoms with Crippen molar-refractivity contribution in [1.82, 2.24) is 9.78 Å². The second-order valence-corrected chi connectivity index (χ2v) is 3.26. The van der Waals surface area contributed by atoms with E-state index >= 15 is 0 Å². The number of aromatic nitrogens is 2. The van der Waals surface area contributed by atoms with Gasteiger partial charge in [-0.05, 0) is 13.3 Å². The number of carboxylic acid groups (broad SMARTS) is 1. The van der Waals surface area contributed by atoms with E-state index in [0.29, 0.717) is 5.56 Å². The van der Waals surface area contributed by atoms with E-state index < -0.39 is 12.1 Å². The fourth-order valence-electron chi connectivity index (χ4n) is 1.26. The van der Waals surface area contributed by atoms with Crippen LogP contribution in [0, 0.1) is 6.92 Å². The predicted molar refractivity (Wildman–Crippen MR) is 49.8 cm³/mol. The molecular weight excluding hydrogens is 184 g/mol. The van der Waals surface area contributed by atoms with Gasteiger partial charge in [-0.1, -0.05) is 0 Å². The van der Waals surface area contributed by atoms with E-state index in [2.05, 4.69) is 5.10 Å². The molecule has 0 fully saturated rings. The average Bonchev–Trinajstić information content (AvgIpc) is 2.44. The van der Waals surface area contributed by atoms with E-state index in [9.17, 15) is 9.90 Å². The maximum Gasteiger partial charge on any atom is 0.303 e. The zero-order chi connectivity index (χ0) is 10.7. The molecule has 1 heterocycles. The van der Waals surface area contributed by atoms with Crippen LogP contribution >= 0.6 is 0 Å². The van der Waals surface area contributed by atoms with E-state index in [-0.39, 0.29) is 12.8 Å². The molecule has 0 aliphatic rings. The second-order valence-electron chi connectivity index (χ2n) is 3.26. The van der Waals surface area contributed by atoms with Crippen molar-refractivity contribution < 1.29 is 15.0 Å². The monoisotopic (exact) mass is 198 g/mol. The van der Waals surface area contributed by atoms with E-state index in [1.807, 2.05) is 6.92 Å². The molecule has 1 aromatic rings. The molecule has 5 nitrogen and oxygen atoms in total. The fraction of sp³-hybridized carbons (Fsp3) is 0.556. The Morgan fingerprint density at radius 1 is 1.71 bits per heavy atom. The summed E-state index contributed by atoms with van der Waals surface area (Å²) >= 11 is 0. The summed E-state index contributed by atoms with van der Waals surface area (Å²) in [4.78, 5) is 10.3. The number of carboxylic acids is 1. The van der Waals surface area contributed by atoms with E-state index in [1.54, 1.807) is 17.9 Å². The smallest absolute Gasteiger partial charge is 0.303 e. The lowest BCUT2D eigenvalue weighted by molar-refractivity contribution is -0.137. The molecule has 0 amide bonds. The van der Waals surface area contributed by atoms with Crippen LogP contribution in [-0.2, 0) is 11.8 Å². The van der Waals surface area contributed by atoms with Crippen LogP contribution in [0.1, 0.15) is 30.2 Å². The van der Waals surface area contributed by atoms with Gasteiger partial charge in [-0.3, -0.25) is 9.48 Å². The van der Waals surface area contributed by atoms with Gasteiger partial charge in [0.1, 0.15) is 0 Å². The Bertz CT molecular complexity index is 333. The van der Waals surface area contributed by atoms with Crippen LogP contribution in [0.3, 0.4) is 0 Å². The lowest BCUT2D eigenvalue weighted by Crippen LogP contribution is -2.03. The highest BCUT2D eigenvalue weighted by Gasteiger charge is 2.14. The molecule has 0 aromatic carbocycles. The molecule has 2 N–H and O–H groups in total. The Kier molecular flexibility index (Phi) is 3.24. The molecule has 78 valence electrons. The number of aliphatic carboxylic acids is 1. The van der Waals surface area contributed by atoms with Crippen molar-refractivity contribution in [3.05, 3.63) is 17.5 Å². The van der Waals surface area contributed by atoms with Crippen LogP contribution in [0.4, 0.5) is 0 Å². The minimum atomic E-state index is -0.898. The lowest BCUT2D eigenvalue weighted by Gasteiger charge is -2.08. The third kappa shape index (κ3) is 2.32. The SMILES string of the molecule is Cc1c(C(O)CCC(=O)O)cnn1C. The van der Waals surface area contributed by atoms with Crippen LogP contribution in [-0.4, -0.2) is 26.0 Å². The summed E-state index contributed by atoms with van der Waals surface area (Å²) in [5, 5.41) is 22.1. The summed E-state index contributed by atoms with van der Waals surface area (Å²) in [5.74, 6) is -0.898. The number of aliphatic hydroxyl groups excluding tert-OH is 1. The zero-order valence-electron chi connectivity index (χ0n) is 8.27. The van der Waals surface area contributed by atoms with Crippen molar-refractivity contribution in [2.45, 2.75) is 25.9 Å². The first-order chi connectivity index (χ1) is 6.52. The maximum absolute atomic E-state index is 10.3. The molecule has 5 heteroatoms. The Morgan fingerprint density at radius 3 is 2.79 bits per heavy atom. The van der Waals surface area contributed by atoms with Crippen LogP contribution in [0.25, 0.3) is 0 Å². The van der Waals surface area contributed by atoms with Crippen molar-refractivity contribution in [3.8, 4) is 0 Å². The fourth-order valence-corrected chi connectivity index (χ4v) is 1.26. The molecule has 0 saturated carbocycles. The van der Waals surface area contributed by atoms with Gasteiger partial charge >= 0.3 is 5.97 Å². The minimum Gasteiger partial charge on any atom is -0.481 e. The molecule has 0 spiro atoms. The Balaban J connectivity index is 2.65. The van der Waals surface area contributed by atoms with Crippen molar-refractivity contribution >= 4 is 5.97 Å². The van der Waals surface area contributed by atoms with Crippen molar-refractivity contribution in [3.63, 3.8) is 0 Å². The normalized spacial score (nSPS) is 12.8. The highest BCUT2D eigenvalue weighted by atomic mass is 16.4. The minimum absolute atomic E-state index is 0.0322. The first kappa shape index (κ1) is 10.7. The van der Waals surface area contributed by atoms with Gasteiger partial charge in [0, 0.05) is 24.7 Å². The number of nitrogens with zero attached hydrogens (tertiary/aromatic N) is 2. The molecule has 0 radical (unpaired) electrons. The van der Waals surface area contributed by atoms with Gasteiger partial charge in [0.05, 0.1) is 12.3 Å². The van der Waals surface area contributed by atoms with E-state index in [1.165, 1.54) is 0 Å². The third-order valence-electron chi connectivity index (χ3n) is 2.26. The van der Waals surface area contributed by atoms with Gasteiger partial charge in [0.2, 0.25) is 0 Å². The Labute approximate surface area is 82.0 Å². The number of hydrogen-bond donors (Lipinski definition) is 2. The summed E-state index contributed by atoms with van der Waals surface area (Å²) in [5.41, 5.74) is 1.57. The topological polar surface area (TPSA) is 75.3 Å². The number of aliphatic hydroxyl groups is 1. The summed E-state index contributed by atoms with van der Waals surface area (Å²) in [7, 11) is 1.78. The average molecular weight is 198 g/mol. The molecule has 0 aliphatic heterocycles. The molecule has 1 aromatic heterocycles. The maximum atomic E-state index is 10.3. The Morgan fingerprint density at radius 2 is 2.36 bits per heavy atom. The largest absolute Gasteiger partial charge is 0.481 e. The molecule has 1 rings (SSSR count). The van der Waals surface area contributed by atoms with Gasteiger partial charge in [-0.15, -0.1) is 0 Å². The Hall–Kier alpha value is -1.36. The summed E-state index contributed by atoms with van der Waals surface area (Å²) < 4.78 is 1.65. The second kappa shape index (κ2) is 4.23. The quantitative estimate of drug-likeness (QED) is 0.744. The number of aryl methyl sites for hydroxylation is 1. The summed E-state index contributed by atoms with van der Waals surface area (Å²) in [6.07, 6.45) is 1.03. The van der Waals surface area contributed by atoms with Crippen molar-refractivity contribution in [2.24, 2.45) is 7.05 Å². The van der Waals surface area contributed by atoms with Crippen molar-refractivity contribution in [2.75, 3.05) is 0 Å². The van der Waals surface area contributed by atoms with Crippen LogP contribution in [0.2, 0.25) is 0 Å². The first-order valence-corrected chi connectivity index (χ1v) is 4.40. The predicted octanol–water partition coefficient (Wildman–Crippen LogP) is 0.627. The molecule has 14 heavy (non-hydrogen) atoms. The van der Waals surface area contributed by atoms with Crippen LogP contribution in [0.15, 0.2) is 6.20 Å². The lowest BCUT2D eigenvalue weighted by atomic mass is 10.1. The van der Waals surface area contributed by atoms with E-state index in [4.69, 9.17) is 5.11 Å². The molecule has 1 unspecified atom stereocenters. The molecule has 0 saturated heterocycles. The number of hydrogen-bond acceptors (Lipinski definition) is 3. The highest BCUT2D eigenvalue weighted by Crippen LogP contribution is 2.20. The van der Waals surface area contributed by atoms with E-state index in [0.717, 1.165) is 5.69 Å². The van der Waals surface area contributed by atoms with Crippen LogP contribution < -0.4 is 0 Å². The molecule has 0 bridgehead atoms. The van der Waals surface area contributed by atoms with Gasteiger partial charge in [0.15, 0.2) is 0 Å². The van der Waals surface area contributed by atoms with Gasteiger partial charge < -0.3 is 10.2 Å². The first-order valence-electron chi connectivity index (χ1n) is 4.40. The van der Waals surface area contributed by atoms with Gasteiger partial charge in [-0.25, -0.2) is 0 Å². The summed E-state index contributed by atoms with van der Waals surface area (Å²) in [6.45, 7) is 1.84. The van der Waals surface area contributed by atoms with Crippen LogP contribution in [0.5, 0.6) is 0 Å². The zero-order valence-corrected chi connectivity index (χ0v) is 8.27. The molecule has 1 atom stereocenters. The number of rotatable bonds is 4. The van der Waals surface area contributed by atoms with Gasteiger partial charge in [0.25, 0.3) is 0 Å². The summed E-state index contributed by atoms with van der Waals surface area (Å²) in [6, 6.07) is 0. The molecular formula is C9H14N2O3. The third-order valence-corrected chi connectivity index (χ3v) is 2.26. The van der Waals surface area contributed by atoms with Crippen molar-refractivity contribution in [1.29, 1.82) is 0 Å². The number of carbonyl (C=O) groups is 1. The highest BCUT2D eigenvalue weighted by molar-refractivity contribution is 5.66.